The molecular weight excluding hydrogens is 212 g/mol. The summed E-state index contributed by atoms with van der Waals surface area (Å²) < 4.78 is 0. The number of hydrogen-bond donors (Lipinski definition) is 1. The van der Waals surface area contributed by atoms with Gasteiger partial charge in [-0.2, -0.15) is 5.10 Å². The fourth-order valence-electron chi connectivity index (χ4n) is 1.57. The summed E-state index contributed by atoms with van der Waals surface area (Å²) in [5.41, 5.74) is 4.88. The molecule has 0 radical (unpaired) electrons. The first-order valence-corrected chi connectivity index (χ1v) is 6.09. The first-order chi connectivity index (χ1) is 8.16. The highest BCUT2D eigenvalue weighted by molar-refractivity contribution is 5.84. The van der Waals surface area contributed by atoms with Crippen LogP contribution in [0.3, 0.4) is 0 Å². The molecule has 1 aromatic rings. The maximum absolute atomic E-state index is 11.3. The highest BCUT2D eigenvalue weighted by atomic mass is 16.2. The molecule has 0 saturated heterocycles. The van der Waals surface area contributed by atoms with Gasteiger partial charge in [0.05, 0.1) is 6.21 Å². The fraction of sp³-hybridized carbons (Fsp3) is 0.429. The summed E-state index contributed by atoms with van der Waals surface area (Å²) in [6, 6.07) is 8.22. The van der Waals surface area contributed by atoms with E-state index in [1.165, 1.54) is 5.56 Å². The summed E-state index contributed by atoms with van der Waals surface area (Å²) in [7, 11) is 0. The predicted octanol–water partition coefficient (Wildman–Crippen LogP) is 2.67. The molecule has 0 heterocycles. The van der Waals surface area contributed by atoms with Crippen molar-refractivity contribution in [2.45, 2.75) is 32.6 Å². The van der Waals surface area contributed by atoms with Crippen LogP contribution in [0.25, 0.3) is 0 Å². The van der Waals surface area contributed by atoms with Crippen molar-refractivity contribution in [3.63, 3.8) is 0 Å². The number of benzene rings is 1. The van der Waals surface area contributed by atoms with E-state index in [2.05, 4.69) is 36.5 Å². The number of carbonyl (C=O) groups is 1. The Hall–Kier alpha value is -1.64. The minimum absolute atomic E-state index is 0.0417. The van der Waals surface area contributed by atoms with E-state index in [9.17, 15) is 4.79 Å². The second-order valence-corrected chi connectivity index (χ2v) is 4.83. The normalized spacial score (nSPS) is 15.5. The molecule has 0 aromatic heterocycles. The van der Waals surface area contributed by atoms with E-state index < -0.39 is 0 Å². The van der Waals surface area contributed by atoms with Crippen LogP contribution in [0.2, 0.25) is 0 Å². The van der Waals surface area contributed by atoms with Gasteiger partial charge in [-0.05, 0) is 29.9 Å². The molecule has 1 aliphatic rings. The van der Waals surface area contributed by atoms with Crippen LogP contribution in [-0.4, -0.2) is 12.1 Å². The number of hydrazone groups is 1. The van der Waals surface area contributed by atoms with Gasteiger partial charge in [0.1, 0.15) is 0 Å². The van der Waals surface area contributed by atoms with Crippen LogP contribution in [0.15, 0.2) is 29.4 Å². The molecule has 3 nitrogen and oxygen atoms in total. The molecule has 0 atom stereocenters. The fourth-order valence-corrected chi connectivity index (χ4v) is 1.57. The average Bonchev–Trinajstić information content (AvgIpc) is 3.13. The second kappa shape index (κ2) is 5.13. The van der Waals surface area contributed by atoms with E-state index in [0.717, 1.165) is 18.4 Å². The maximum atomic E-state index is 11.3. The predicted molar refractivity (Wildman–Crippen MR) is 69.0 cm³/mol. The van der Waals surface area contributed by atoms with Gasteiger partial charge in [0.15, 0.2) is 0 Å². The first kappa shape index (κ1) is 11.8. The number of nitrogens with one attached hydrogen (secondary N) is 1. The van der Waals surface area contributed by atoms with Gasteiger partial charge in [-0.3, -0.25) is 4.79 Å². The Morgan fingerprint density at radius 1 is 1.35 bits per heavy atom. The zero-order valence-electron chi connectivity index (χ0n) is 10.3. The standard InChI is InChI=1S/C14H18N2O/c1-10(2)12-5-3-11(4-6-12)9-15-16-14(17)13-7-8-13/h3-6,9-10,13H,7-8H2,1-2H3,(H,16,17). The minimum Gasteiger partial charge on any atom is -0.273 e. The molecule has 0 aliphatic heterocycles. The van der Waals surface area contributed by atoms with Crippen LogP contribution >= 0.6 is 0 Å². The van der Waals surface area contributed by atoms with Gasteiger partial charge in [-0.1, -0.05) is 38.1 Å². The lowest BCUT2D eigenvalue weighted by Gasteiger charge is -2.04. The van der Waals surface area contributed by atoms with E-state index in [0.29, 0.717) is 5.92 Å². The molecule has 1 N–H and O–H groups in total. The Labute approximate surface area is 102 Å². The van der Waals surface area contributed by atoms with Crippen molar-refractivity contribution in [1.82, 2.24) is 5.43 Å². The monoisotopic (exact) mass is 230 g/mol. The summed E-state index contributed by atoms with van der Waals surface area (Å²) >= 11 is 0. The molecule has 17 heavy (non-hydrogen) atoms. The first-order valence-electron chi connectivity index (χ1n) is 6.09. The zero-order chi connectivity index (χ0) is 12.3. The zero-order valence-corrected chi connectivity index (χ0v) is 10.3. The number of nitrogens with zero attached hydrogens (tertiary/aromatic N) is 1. The molecule has 90 valence electrons. The summed E-state index contributed by atoms with van der Waals surface area (Å²) in [6.07, 6.45) is 3.69. The van der Waals surface area contributed by atoms with Crippen molar-refractivity contribution >= 4 is 12.1 Å². The Morgan fingerprint density at radius 2 is 2.00 bits per heavy atom. The van der Waals surface area contributed by atoms with E-state index in [-0.39, 0.29) is 11.8 Å². The van der Waals surface area contributed by atoms with Gasteiger partial charge < -0.3 is 0 Å². The van der Waals surface area contributed by atoms with Gasteiger partial charge in [-0.15, -0.1) is 0 Å². The topological polar surface area (TPSA) is 41.5 Å². The Kier molecular flexibility index (Phi) is 3.57. The molecule has 2 rings (SSSR count). The van der Waals surface area contributed by atoms with Crippen molar-refractivity contribution in [3.05, 3.63) is 35.4 Å². The molecule has 3 heteroatoms. The summed E-state index contributed by atoms with van der Waals surface area (Å²) in [6.45, 7) is 4.33. The molecular formula is C14H18N2O. The van der Waals surface area contributed by atoms with Crippen LogP contribution in [0.5, 0.6) is 0 Å². The van der Waals surface area contributed by atoms with E-state index >= 15 is 0 Å². The van der Waals surface area contributed by atoms with Gasteiger partial charge >= 0.3 is 0 Å². The van der Waals surface area contributed by atoms with E-state index in [1.54, 1.807) is 6.21 Å². The highest BCUT2D eigenvalue weighted by Gasteiger charge is 2.29. The van der Waals surface area contributed by atoms with Crippen molar-refractivity contribution < 1.29 is 4.79 Å². The molecule has 0 unspecified atom stereocenters. The molecule has 1 aliphatic carbocycles. The summed E-state index contributed by atoms with van der Waals surface area (Å²) in [5, 5.41) is 3.95. The Morgan fingerprint density at radius 3 is 2.53 bits per heavy atom. The van der Waals surface area contributed by atoms with Crippen LogP contribution < -0.4 is 5.43 Å². The SMILES string of the molecule is CC(C)c1ccc(C=NNC(=O)C2CC2)cc1. The van der Waals surface area contributed by atoms with Crippen LogP contribution in [0, 0.1) is 5.92 Å². The quantitative estimate of drug-likeness (QED) is 0.627. The number of hydrogen-bond acceptors (Lipinski definition) is 2. The lowest BCUT2D eigenvalue weighted by Crippen LogP contribution is -2.18. The number of carbonyl (C=O) groups excluding carboxylic acids is 1. The van der Waals surface area contributed by atoms with Crippen molar-refractivity contribution in [1.29, 1.82) is 0 Å². The molecule has 1 aromatic carbocycles. The molecule has 1 saturated carbocycles. The molecule has 1 fully saturated rings. The van der Waals surface area contributed by atoms with Crippen LogP contribution in [0.1, 0.15) is 43.7 Å². The smallest absolute Gasteiger partial charge is 0.243 e. The van der Waals surface area contributed by atoms with Gasteiger partial charge in [-0.25, -0.2) is 5.43 Å². The number of amides is 1. The van der Waals surface area contributed by atoms with Crippen molar-refractivity contribution in [3.8, 4) is 0 Å². The molecule has 0 spiro atoms. The highest BCUT2D eigenvalue weighted by Crippen LogP contribution is 2.28. The van der Waals surface area contributed by atoms with Crippen molar-refractivity contribution in [2.24, 2.45) is 11.0 Å². The Balaban J connectivity index is 1.89. The summed E-state index contributed by atoms with van der Waals surface area (Å²) in [5.74, 6) is 0.783. The van der Waals surface area contributed by atoms with E-state index in [1.807, 2.05) is 12.1 Å². The average molecular weight is 230 g/mol. The molecule has 0 bridgehead atoms. The third-order valence-electron chi connectivity index (χ3n) is 2.94. The lowest BCUT2D eigenvalue weighted by atomic mass is 10.0. The van der Waals surface area contributed by atoms with Gasteiger partial charge in [0, 0.05) is 5.92 Å². The largest absolute Gasteiger partial charge is 0.273 e. The maximum Gasteiger partial charge on any atom is 0.243 e. The van der Waals surface area contributed by atoms with Crippen LogP contribution in [-0.2, 0) is 4.79 Å². The number of rotatable bonds is 4. The molecule has 1 amide bonds. The minimum atomic E-state index is 0.0417. The van der Waals surface area contributed by atoms with Gasteiger partial charge in [0.25, 0.3) is 0 Å². The van der Waals surface area contributed by atoms with Crippen molar-refractivity contribution in [2.75, 3.05) is 0 Å². The lowest BCUT2D eigenvalue weighted by molar-refractivity contribution is -0.122. The third-order valence-corrected chi connectivity index (χ3v) is 2.94. The summed E-state index contributed by atoms with van der Waals surface area (Å²) in [4.78, 5) is 11.3. The Bertz CT molecular complexity index is 416. The van der Waals surface area contributed by atoms with Crippen LogP contribution in [0.4, 0.5) is 0 Å². The van der Waals surface area contributed by atoms with E-state index in [4.69, 9.17) is 0 Å². The third kappa shape index (κ3) is 3.41. The van der Waals surface area contributed by atoms with Gasteiger partial charge in [0.2, 0.25) is 5.91 Å². The second-order valence-electron chi connectivity index (χ2n) is 4.83.